The number of aromatic nitrogens is 2. The van der Waals surface area contributed by atoms with E-state index >= 15 is 0 Å². The minimum absolute atomic E-state index is 0.164. The van der Waals surface area contributed by atoms with Gasteiger partial charge in [-0.1, -0.05) is 18.5 Å². The fourth-order valence-corrected chi connectivity index (χ4v) is 2.58. The van der Waals surface area contributed by atoms with E-state index in [0.717, 1.165) is 10.8 Å². The van der Waals surface area contributed by atoms with Crippen LogP contribution in [-0.4, -0.2) is 21.6 Å². The molecule has 1 amide bonds. The molecule has 0 spiro atoms. The Kier molecular flexibility index (Phi) is 5.39. The van der Waals surface area contributed by atoms with E-state index in [1.807, 2.05) is 12.1 Å². The Morgan fingerprint density at radius 3 is 2.85 bits per heavy atom. The molecule has 0 aliphatic rings. The Hall–Kier alpha value is -1.11. The number of nitrogens with zero attached hydrogens (tertiary/aromatic N) is 2. The second kappa shape index (κ2) is 7.06. The molecular weight excluding hydrogens is 362 g/mol. The largest absolute Gasteiger partial charge is 0.320 e. The maximum atomic E-state index is 12.1. The topological polar surface area (TPSA) is 54.9 Å². The number of carbonyl (C=O) groups excluding carboxylic acids is 1. The molecule has 0 fully saturated rings. The van der Waals surface area contributed by atoms with Crippen molar-refractivity contribution in [1.29, 1.82) is 0 Å². The van der Waals surface area contributed by atoms with Crippen LogP contribution in [0.3, 0.4) is 0 Å². The molecule has 104 valence electrons. The quantitative estimate of drug-likeness (QED) is 0.643. The third-order valence-corrected chi connectivity index (χ3v) is 3.90. The fraction of sp³-hybridized carbons (Fsp3) is 0.154. The van der Waals surface area contributed by atoms with Gasteiger partial charge in [0.15, 0.2) is 0 Å². The number of pyridine rings is 2. The van der Waals surface area contributed by atoms with Gasteiger partial charge in [0.1, 0.15) is 5.15 Å². The second-order valence-electron chi connectivity index (χ2n) is 3.76. The van der Waals surface area contributed by atoms with E-state index in [0.29, 0.717) is 15.7 Å². The van der Waals surface area contributed by atoms with Gasteiger partial charge in [-0.25, -0.2) is 9.97 Å². The fourth-order valence-electron chi connectivity index (χ4n) is 1.47. The second-order valence-corrected chi connectivity index (χ2v) is 6.32. The zero-order chi connectivity index (χ0) is 14.5. The van der Waals surface area contributed by atoms with E-state index in [1.165, 1.54) is 6.20 Å². The molecule has 2 aromatic heterocycles. The Balaban J connectivity index is 2.13. The van der Waals surface area contributed by atoms with Crippen molar-refractivity contribution in [2.24, 2.45) is 0 Å². The van der Waals surface area contributed by atoms with Crippen LogP contribution in [0.4, 0.5) is 5.69 Å². The van der Waals surface area contributed by atoms with Crippen LogP contribution in [0.5, 0.6) is 0 Å². The minimum Gasteiger partial charge on any atom is -0.320 e. The molecule has 20 heavy (non-hydrogen) atoms. The standard InChI is InChI=1S/C13H11BrClN3OS/c1-2-20-11-4-3-9(7-16-11)18-13(19)10-5-8(14)6-17-12(10)15/h3-7H,2H2,1H3,(H,18,19). The van der Waals surface area contributed by atoms with Gasteiger partial charge < -0.3 is 5.32 Å². The molecule has 1 N–H and O–H groups in total. The predicted molar refractivity (Wildman–Crippen MR) is 85.5 cm³/mol. The molecule has 0 aliphatic carbocycles. The van der Waals surface area contributed by atoms with Crippen LogP contribution in [-0.2, 0) is 0 Å². The van der Waals surface area contributed by atoms with Crippen molar-refractivity contribution in [1.82, 2.24) is 9.97 Å². The van der Waals surface area contributed by atoms with Crippen molar-refractivity contribution >= 4 is 50.9 Å². The van der Waals surface area contributed by atoms with E-state index in [4.69, 9.17) is 11.6 Å². The summed E-state index contributed by atoms with van der Waals surface area (Å²) in [6.07, 6.45) is 3.16. The summed E-state index contributed by atoms with van der Waals surface area (Å²) in [6.45, 7) is 2.06. The first-order chi connectivity index (χ1) is 9.60. The maximum Gasteiger partial charge on any atom is 0.258 e. The molecule has 0 saturated heterocycles. The van der Waals surface area contributed by atoms with Crippen molar-refractivity contribution in [3.8, 4) is 0 Å². The molecule has 0 aliphatic heterocycles. The molecule has 2 heterocycles. The summed E-state index contributed by atoms with van der Waals surface area (Å²) in [5.41, 5.74) is 0.930. The molecule has 2 aromatic rings. The first kappa shape index (κ1) is 15.3. The molecule has 4 nitrogen and oxygen atoms in total. The molecule has 2 rings (SSSR count). The number of hydrogen-bond acceptors (Lipinski definition) is 4. The van der Waals surface area contributed by atoms with Crippen LogP contribution in [0.15, 0.2) is 40.1 Å². The van der Waals surface area contributed by atoms with Crippen LogP contribution >= 0.6 is 39.3 Å². The number of thioether (sulfide) groups is 1. The number of hydrogen-bond donors (Lipinski definition) is 1. The number of rotatable bonds is 4. The summed E-state index contributed by atoms with van der Waals surface area (Å²) in [5.74, 6) is 0.638. The van der Waals surface area contributed by atoms with Gasteiger partial charge >= 0.3 is 0 Å². The predicted octanol–water partition coefficient (Wildman–Crippen LogP) is 4.26. The van der Waals surface area contributed by atoms with Gasteiger partial charge in [-0.15, -0.1) is 11.8 Å². The summed E-state index contributed by atoms with van der Waals surface area (Å²) in [5, 5.41) is 3.83. The molecule has 0 saturated carbocycles. The van der Waals surface area contributed by atoms with Crippen LogP contribution in [0.2, 0.25) is 5.15 Å². The summed E-state index contributed by atoms with van der Waals surface area (Å²) >= 11 is 10.8. The molecule has 0 aromatic carbocycles. The van der Waals surface area contributed by atoms with Crippen molar-refractivity contribution in [2.75, 3.05) is 11.1 Å². The van der Waals surface area contributed by atoms with Crippen LogP contribution < -0.4 is 5.32 Å². The zero-order valence-electron chi connectivity index (χ0n) is 10.6. The van der Waals surface area contributed by atoms with Crippen LogP contribution in [0.1, 0.15) is 17.3 Å². The lowest BCUT2D eigenvalue weighted by atomic mass is 10.2. The molecule has 7 heteroatoms. The SMILES string of the molecule is CCSc1ccc(NC(=O)c2cc(Br)cnc2Cl)cn1. The number of amides is 1. The third kappa shape index (κ3) is 3.94. The van der Waals surface area contributed by atoms with E-state index in [2.05, 4.69) is 38.1 Å². The lowest BCUT2D eigenvalue weighted by molar-refractivity contribution is 0.102. The molecule has 0 unspecified atom stereocenters. The highest BCUT2D eigenvalue weighted by atomic mass is 79.9. The van der Waals surface area contributed by atoms with E-state index in [-0.39, 0.29) is 11.1 Å². The first-order valence-electron chi connectivity index (χ1n) is 5.81. The normalized spacial score (nSPS) is 10.3. The van der Waals surface area contributed by atoms with Crippen LogP contribution in [0, 0.1) is 0 Å². The van der Waals surface area contributed by atoms with E-state index in [1.54, 1.807) is 24.0 Å². The Morgan fingerprint density at radius 2 is 2.20 bits per heavy atom. The van der Waals surface area contributed by atoms with Crippen molar-refractivity contribution in [2.45, 2.75) is 11.9 Å². The number of halogens is 2. The van der Waals surface area contributed by atoms with E-state index in [9.17, 15) is 4.79 Å². The average molecular weight is 373 g/mol. The minimum atomic E-state index is -0.318. The first-order valence-corrected chi connectivity index (χ1v) is 7.97. The van der Waals surface area contributed by atoms with Gasteiger partial charge in [0.2, 0.25) is 0 Å². The van der Waals surface area contributed by atoms with Crippen LogP contribution in [0.25, 0.3) is 0 Å². The summed E-state index contributed by atoms with van der Waals surface area (Å²) in [6, 6.07) is 5.30. The molecular formula is C13H11BrClN3OS. The third-order valence-electron chi connectivity index (χ3n) is 2.34. The van der Waals surface area contributed by atoms with Gasteiger partial charge in [-0.2, -0.15) is 0 Å². The highest BCUT2D eigenvalue weighted by molar-refractivity contribution is 9.10. The Labute approximate surface area is 134 Å². The summed E-state index contributed by atoms with van der Waals surface area (Å²) < 4.78 is 0.694. The van der Waals surface area contributed by atoms with Gasteiger partial charge in [0, 0.05) is 10.7 Å². The van der Waals surface area contributed by atoms with Gasteiger partial charge in [0.25, 0.3) is 5.91 Å². The number of nitrogens with one attached hydrogen (secondary N) is 1. The Bertz CT molecular complexity index is 622. The highest BCUT2D eigenvalue weighted by Gasteiger charge is 2.12. The summed E-state index contributed by atoms with van der Waals surface area (Å²) in [4.78, 5) is 20.3. The Morgan fingerprint density at radius 1 is 1.40 bits per heavy atom. The van der Waals surface area contributed by atoms with Crippen molar-refractivity contribution < 1.29 is 4.79 Å². The van der Waals surface area contributed by atoms with Gasteiger partial charge in [-0.3, -0.25) is 4.79 Å². The monoisotopic (exact) mass is 371 g/mol. The van der Waals surface area contributed by atoms with Gasteiger partial charge in [-0.05, 0) is 39.9 Å². The highest BCUT2D eigenvalue weighted by Crippen LogP contribution is 2.20. The van der Waals surface area contributed by atoms with E-state index < -0.39 is 0 Å². The lowest BCUT2D eigenvalue weighted by Crippen LogP contribution is -2.13. The van der Waals surface area contributed by atoms with Gasteiger partial charge in [0.05, 0.1) is 22.5 Å². The zero-order valence-corrected chi connectivity index (χ0v) is 13.7. The number of anilines is 1. The van der Waals surface area contributed by atoms with Crippen molar-refractivity contribution in [3.05, 3.63) is 45.8 Å². The smallest absolute Gasteiger partial charge is 0.258 e. The molecule has 0 bridgehead atoms. The number of carbonyl (C=O) groups is 1. The molecule has 0 radical (unpaired) electrons. The maximum absolute atomic E-state index is 12.1. The lowest BCUT2D eigenvalue weighted by Gasteiger charge is -2.07. The van der Waals surface area contributed by atoms with Crippen molar-refractivity contribution in [3.63, 3.8) is 0 Å². The summed E-state index contributed by atoms with van der Waals surface area (Å²) in [7, 11) is 0. The molecule has 0 atom stereocenters. The average Bonchev–Trinajstić information content (AvgIpc) is 2.44.